The number of rotatable bonds is 4. The highest BCUT2D eigenvalue weighted by Crippen LogP contribution is 2.28. The summed E-state index contributed by atoms with van der Waals surface area (Å²) >= 11 is 1.65. The molecule has 1 aromatic rings. The molecule has 4 heteroatoms. The van der Waals surface area contributed by atoms with Crippen molar-refractivity contribution in [3.05, 3.63) is 21.9 Å². The highest BCUT2D eigenvalue weighted by atomic mass is 32.1. The Labute approximate surface area is 106 Å². The van der Waals surface area contributed by atoms with Gasteiger partial charge in [-0.05, 0) is 24.3 Å². The monoisotopic (exact) mass is 250 g/mol. The predicted molar refractivity (Wildman–Crippen MR) is 68.9 cm³/mol. The van der Waals surface area contributed by atoms with Crippen LogP contribution in [0, 0.1) is 16.7 Å². The van der Waals surface area contributed by atoms with Crippen LogP contribution in [0.5, 0.6) is 0 Å². The van der Waals surface area contributed by atoms with E-state index in [0.717, 1.165) is 44.7 Å². The summed E-state index contributed by atoms with van der Waals surface area (Å²) < 4.78 is 5.39. The second-order valence-corrected chi connectivity index (χ2v) is 5.94. The molecule has 92 valence electrons. The van der Waals surface area contributed by atoms with E-state index in [4.69, 9.17) is 10.00 Å². The number of hydrogen-bond acceptors (Lipinski definition) is 4. The van der Waals surface area contributed by atoms with Gasteiger partial charge < -0.3 is 10.1 Å². The number of nitrogens with one attached hydrogen (secondary N) is 1. The maximum Gasteiger partial charge on any atom is 0.100 e. The maximum absolute atomic E-state index is 8.74. The van der Waals surface area contributed by atoms with Gasteiger partial charge in [0.05, 0.1) is 5.56 Å². The van der Waals surface area contributed by atoms with Crippen LogP contribution in [0.1, 0.15) is 30.2 Å². The molecular formula is C13H18N2OS. The topological polar surface area (TPSA) is 45.0 Å². The van der Waals surface area contributed by atoms with Gasteiger partial charge in [0.25, 0.3) is 0 Å². The maximum atomic E-state index is 8.74. The highest BCUT2D eigenvalue weighted by molar-refractivity contribution is 7.10. The molecule has 0 aliphatic carbocycles. The molecule has 0 radical (unpaired) electrons. The molecule has 1 aromatic heterocycles. The Morgan fingerprint density at radius 1 is 1.53 bits per heavy atom. The van der Waals surface area contributed by atoms with Crippen LogP contribution >= 0.6 is 11.3 Å². The summed E-state index contributed by atoms with van der Waals surface area (Å²) in [5.41, 5.74) is 1.14. The SMILES string of the molecule is CC1(CNCc2cc(C#N)cs2)CCOCC1. The number of hydrogen-bond donors (Lipinski definition) is 1. The normalized spacial score (nSPS) is 18.8. The number of ether oxygens (including phenoxy) is 1. The van der Waals surface area contributed by atoms with Crippen molar-refractivity contribution in [3.63, 3.8) is 0 Å². The van der Waals surface area contributed by atoms with Gasteiger partial charge in [-0.25, -0.2) is 0 Å². The molecule has 1 aliphatic heterocycles. The van der Waals surface area contributed by atoms with Crippen LogP contribution in [-0.4, -0.2) is 19.8 Å². The zero-order valence-corrected chi connectivity index (χ0v) is 11.0. The van der Waals surface area contributed by atoms with Gasteiger partial charge in [0.15, 0.2) is 0 Å². The fraction of sp³-hybridized carbons (Fsp3) is 0.615. The largest absolute Gasteiger partial charge is 0.381 e. The first-order valence-electron chi connectivity index (χ1n) is 5.98. The molecule has 0 bridgehead atoms. The summed E-state index contributed by atoms with van der Waals surface area (Å²) in [6.07, 6.45) is 2.27. The molecule has 2 heterocycles. The quantitative estimate of drug-likeness (QED) is 0.893. The minimum absolute atomic E-state index is 0.369. The van der Waals surface area contributed by atoms with Gasteiger partial charge >= 0.3 is 0 Å². The lowest BCUT2D eigenvalue weighted by molar-refractivity contribution is 0.0240. The Bertz CT molecular complexity index is 402. The van der Waals surface area contributed by atoms with Crippen molar-refractivity contribution in [3.8, 4) is 6.07 Å². The minimum Gasteiger partial charge on any atom is -0.381 e. The minimum atomic E-state index is 0.369. The van der Waals surface area contributed by atoms with E-state index in [1.54, 1.807) is 11.3 Å². The van der Waals surface area contributed by atoms with E-state index >= 15 is 0 Å². The molecule has 2 rings (SSSR count). The van der Waals surface area contributed by atoms with Crippen LogP contribution in [0.25, 0.3) is 0 Å². The van der Waals surface area contributed by atoms with E-state index in [1.807, 2.05) is 11.4 Å². The first-order valence-corrected chi connectivity index (χ1v) is 6.86. The van der Waals surface area contributed by atoms with E-state index in [2.05, 4.69) is 18.3 Å². The Morgan fingerprint density at radius 2 is 2.29 bits per heavy atom. The molecule has 0 atom stereocenters. The summed E-state index contributed by atoms with van der Waals surface area (Å²) in [6, 6.07) is 4.12. The predicted octanol–water partition coefficient (Wildman–Crippen LogP) is 2.53. The van der Waals surface area contributed by atoms with Crippen molar-refractivity contribution in [2.24, 2.45) is 5.41 Å². The summed E-state index contributed by atoms with van der Waals surface area (Å²) in [7, 11) is 0. The zero-order chi connectivity index (χ0) is 12.1. The average Bonchev–Trinajstić information content (AvgIpc) is 2.78. The number of thiophene rings is 1. The van der Waals surface area contributed by atoms with Gasteiger partial charge in [-0.1, -0.05) is 6.92 Å². The Morgan fingerprint density at radius 3 is 2.94 bits per heavy atom. The van der Waals surface area contributed by atoms with Crippen LogP contribution in [0.15, 0.2) is 11.4 Å². The van der Waals surface area contributed by atoms with Gasteiger partial charge in [0.1, 0.15) is 6.07 Å². The van der Waals surface area contributed by atoms with E-state index in [1.165, 1.54) is 4.88 Å². The van der Waals surface area contributed by atoms with Crippen LogP contribution in [0.3, 0.4) is 0 Å². The third kappa shape index (κ3) is 3.53. The van der Waals surface area contributed by atoms with Crippen molar-refractivity contribution in [2.75, 3.05) is 19.8 Å². The fourth-order valence-electron chi connectivity index (χ4n) is 2.06. The van der Waals surface area contributed by atoms with Gasteiger partial charge in [0.2, 0.25) is 0 Å². The summed E-state index contributed by atoms with van der Waals surface area (Å²) in [6.45, 7) is 5.97. The molecule has 0 aromatic carbocycles. The molecule has 1 saturated heterocycles. The lowest BCUT2D eigenvalue weighted by Crippen LogP contribution is -2.36. The summed E-state index contributed by atoms with van der Waals surface area (Å²) in [4.78, 5) is 1.23. The lowest BCUT2D eigenvalue weighted by atomic mass is 9.82. The average molecular weight is 250 g/mol. The van der Waals surface area contributed by atoms with E-state index in [0.29, 0.717) is 5.41 Å². The molecule has 1 aliphatic rings. The fourth-order valence-corrected chi connectivity index (χ4v) is 2.84. The second kappa shape index (κ2) is 5.63. The molecule has 3 nitrogen and oxygen atoms in total. The van der Waals surface area contributed by atoms with Crippen LogP contribution in [0.4, 0.5) is 0 Å². The highest BCUT2D eigenvalue weighted by Gasteiger charge is 2.26. The second-order valence-electron chi connectivity index (χ2n) is 4.94. The molecule has 0 unspecified atom stereocenters. The molecule has 1 fully saturated rings. The third-order valence-corrected chi connectivity index (χ3v) is 4.27. The standard InChI is InChI=1S/C13H18N2OS/c1-13(2-4-16-5-3-13)10-15-8-12-6-11(7-14)9-17-12/h6,9,15H,2-5,8,10H2,1H3. The molecular weight excluding hydrogens is 232 g/mol. The van der Waals surface area contributed by atoms with Crippen LogP contribution in [0.2, 0.25) is 0 Å². The van der Waals surface area contributed by atoms with Crippen LogP contribution in [-0.2, 0) is 11.3 Å². The summed E-state index contributed by atoms with van der Waals surface area (Å²) in [5.74, 6) is 0. The van der Waals surface area contributed by atoms with Gasteiger partial charge in [-0.15, -0.1) is 11.3 Å². The molecule has 1 N–H and O–H groups in total. The van der Waals surface area contributed by atoms with Gasteiger partial charge in [-0.2, -0.15) is 5.26 Å². The Hall–Kier alpha value is -0.890. The molecule has 17 heavy (non-hydrogen) atoms. The molecule has 0 spiro atoms. The van der Waals surface area contributed by atoms with Crippen molar-refractivity contribution < 1.29 is 4.74 Å². The number of nitriles is 1. The van der Waals surface area contributed by atoms with Crippen molar-refractivity contribution in [2.45, 2.75) is 26.3 Å². The van der Waals surface area contributed by atoms with E-state index in [-0.39, 0.29) is 0 Å². The van der Waals surface area contributed by atoms with Crippen molar-refractivity contribution >= 4 is 11.3 Å². The zero-order valence-electron chi connectivity index (χ0n) is 10.2. The molecule has 0 saturated carbocycles. The Balaban J connectivity index is 1.77. The van der Waals surface area contributed by atoms with Crippen LogP contribution < -0.4 is 5.32 Å². The number of nitrogens with zero attached hydrogens (tertiary/aromatic N) is 1. The van der Waals surface area contributed by atoms with Gasteiger partial charge in [0, 0.05) is 36.6 Å². The first-order chi connectivity index (χ1) is 8.22. The lowest BCUT2D eigenvalue weighted by Gasteiger charge is -2.33. The van der Waals surface area contributed by atoms with Crippen molar-refractivity contribution in [1.82, 2.24) is 5.32 Å². The smallest absolute Gasteiger partial charge is 0.100 e. The van der Waals surface area contributed by atoms with E-state index in [9.17, 15) is 0 Å². The third-order valence-electron chi connectivity index (χ3n) is 3.33. The Kier molecular flexibility index (Phi) is 4.16. The summed E-state index contributed by atoms with van der Waals surface area (Å²) in [5, 5.41) is 14.1. The first kappa shape index (κ1) is 12.6. The van der Waals surface area contributed by atoms with E-state index < -0.39 is 0 Å². The molecule has 0 amide bonds. The van der Waals surface area contributed by atoms with Gasteiger partial charge in [-0.3, -0.25) is 0 Å². The van der Waals surface area contributed by atoms with Crippen molar-refractivity contribution in [1.29, 1.82) is 5.26 Å².